The molecule has 1 N–H and O–H groups in total. The van der Waals surface area contributed by atoms with Crippen LogP contribution in [0.4, 0.5) is 5.82 Å². The molecule has 1 saturated heterocycles. The van der Waals surface area contributed by atoms with Gasteiger partial charge in [-0.05, 0) is 18.8 Å². The van der Waals surface area contributed by atoms with Crippen molar-refractivity contribution in [1.29, 1.82) is 0 Å². The van der Waals surface area contributed by atoms with Crippen molar-refractivity contribution in [1.82, 2.24) is 29.3 Å². The normalized spacial score (nSPS) is 17.2. The number of imidazole rings is 1. The summed E-state index contributed by atoms with van der Waals surface area (Å²) in [6.45, 7) is 3.78. The van der Waals surface area contributed by atoms with Crippen LogP contribution in [-0.2, 0) is 20.5 Å². The number of fused-ring (bicyclic) bond motifs is 1. The van der Waals surface area contributed by atoms with E-state index in [4.69, 9.17) is 4.98 Å². The molecule has 0 saturated carbocycles. The fourth-order valence-electron chi connectivity index (χ4n) is 3.75. The molecule has 0 radical (unpaired) electrons. The van der Waals surface area contributed by atoms with Crippen LogP contribution in [0.25, 0.3) is 11.0 Å². The van der Waals surface area contributed by atoms with E-state index < -0.39 is 6.10 Å². The standard InChI is InChI=1S/C18H25N7O/c1-4-14-21-16-13(11-20-24(16)3)17(22-14)25-8-5-12(6-9-25)15(26)18-19-7-10-23(18)2/h7,10-12,15,26H,4-6,8-9H2,1-3H3/t15-/m1/s1. The van der Waals surface area contributed by atoms with Gasteiger partial charge in [0.05, 0.1) is 11.6 Å². The van der Waals surface area contributed by atoms with Crippen molar-refractivity contribution in [2.45, 2.75) is 32.3 Å². The Labute approximate surface area is 152 Å². The molecule has 0 bridgehead atoms. The van der Waals surface area contributed by atoms with Gasteiger partial charge in [0.25, 0.3) is 0 Å². The minimum Gasteiger partial charge on any atom is -0.385 e. The number of aliphatic hydroxyl groups is 1. The van der Waals surface area contributed by atoms with Gasteiger partial charge in [-0.25, -0.2) is 15.0 Å². The lowest BCUT2D eigenvalue weighted by atomic mass is 9.90. The van der Waals surface area contributed by atoms with Crippen LogP contribution in [0, 0.1) is 5.92 Å². The number of hydrogen-bond donors (Lipinski definition) is 1. The van der Waals surface area contributed by atoms with Gasteiger partial charge >= 0.3 is 0 Å². The molecule has 1 fully saturated rings. The van der Waals surface area contributed by atoms with Crippen LogP contribution in [0.2, 0.25) is 0 Å². The zero-order valence-electron chi connectivity index (χ0n) is 15.5. The molecule has 26 heavy (non-hydrogen) atoms. The summed E-state index contributed by atoms with van der Waals surface area (Å²) in [7, 11) is 3.83. The van der Waals surface area contributed by atoms with Gasteiger partial charge in [0.2, 0.25) is 0 Å². The first-order chi connectivity index (χ1) is 12.6. The number of aliphatic hydroxyl groups excluding tert-OH is 1. The molecule has 0 amide bonds. The van der Waals surface area contributed by atoms with Crippen molar-refractivity contribution in [3.8, 4) is 0 Å². The number of piperidine rings is 1. The van der Waals surface area contributed by atoms with Gasteiger partial charge in [-0.2, -0.15) is 5.10 Å². The second kappa shape index (κ2) is 6.68. The van der Waals surface area contributed by atoms with Crippen molar-refractivity contribution >= 4 is 16.9 Å². The molecule has 8 heteroatoms. The van der Waals surface area contributed by atoms with E-state index in [-0.39, 0.29) is 5.92 Å². The molecule has 1 atom stereocenters. The van der Waals surface area contributed by atoms with E-state index in [1.54, 1.807) is 10.9 Å². The predicted molar refractivity (Wildman–Crippen MR) is 98.8 cm³/mol. The highest BCUT2D eigenvalue weighted by atomic mass is 16.3. The van der Waals surface area contributed by atoms with Crippen molar-refractivity contribution in [3.63, 3.8) is 0 Å². The van der Waals surface area contributed by atoms with Gasteiger partial charge in [-0.1, -0.05) is 6.92 Å². The molecule has 8 nitrogen and oxygen atoms in total. The van der Waals surface area contributed by atoms with Crippen molar-refractivity contribution in [2.24, 2.45) is 20.0 Å². The third-order valence-corrected chi connectivity index (χ3v) is 5.34. The van der Waals surface area contributed by atoms with Crippen LogP contribution in [0.15, 0.2) is 18.6 Å². The Bertz CT molecular complexity index is 908. The molecular weight excluding hydrogens is 330 g/mol. The summed E-state index contributed by atoms with van der Waals surface area (Å²) in [4.78, 5) is 16.0. The summed E-state index contributed by atoms with van der Waals surface area (Å²) in [5.74, 6) is 2.76. The molecule has 3 aromatic heterocycles. The van der Waals surface area contributed by atoms with Crippen LogP contribution in [0.1, 0.15) is 37.5 Å². The topological polar surface area (TPSA) is 84.9 Å². The summed E-state index contributed by atoms with van der Waals surface area (Å²) in [6.07, 6.45) is 7.54. The molecule has 0 unspecified atom stereocenters. The monoisotopic (exact) mass is 355 g/mol. The van der Waals surface area contributed by atoms with Gasteiger partial charge in [0.1, 0.15) is 23.6 Å². The van der Waals surface area contributed by atoms with Crippen LogP contribution >= 0.6 is 0 Å². The molecule has 4 heterocycles. The summed E-state index contributed by atoms with van der Waals surface area (Å²) in [5, 5.41) is 16.0. The molecule has 0 spiro atoms. The van der Waals surface area contributed by atoms with E-state index in [1.165, 1.54) is 0 Å². The maximum absolute atomic E-state index is 10.7. The Morgan fingerprint density at radius 1 is 1.23 bits per heavy atom. The van der Waals surface area contributed by atoms with E-state index in [0.29, 0.717) is 0 Å². The number of nitrogens with zero attached hydrogens (tertiary/aromatic N) is 7. The molecule has 0 aromatic carbocycles. The van der Waals surface area contributed by atoms with Gasteiger partial charge in [-0.3, -0.25) is 4.68 Å². The Morgan fingerprint density at radius 3 is 2.65 bits per heavy atom. The van der Waals surface area contributed by atoms with Crippen LogP contribution in [0.3, 0.4) is 0 Å². The summed E-state index contributed by atoms with van der Waals surface area (Å²) in [5.41, 5.74) is 0.877. The van der Waals surface area contributed by atoms with E-state index in [0.717, 1.165) is 60.9 Å². The van der Waals surface area contributed by atoms with Crippen LogP contribution in [0.5, 0.6) is 0 Å². The number of aromatic nitrogens is 6. The van der Waals surface area contributed by atoms with Crippen LogP contribution < -0.4 is 4.90 Å². The fourth-order valence-corrected chi connectivity index (χ4v) is 3.75. The zero-order chi connectivity index (χ0) is 18.3. The first-order valence-electron chi connectivity index (χ1n) is 9.17. The smallest absolute Gasteiger partial charge is 0.163 e. The molecule has 1 aliphatic heterocycles. The van der Waals surface area contributed by atoms with Crippen LogP contribution in [-0.4, -0.2) is 47.5 Å². The quantitative estimate of drug-likeness (QED) is 0.765. The maximum atomic E-state index is 10.7. The molecule has 3 aromatic rings. The van der Waals surface area contributed by atoms with Gasteiger partial charge in [-0.15, -0.1) is 0 Å². The minimum absolute atomic E-state index is 0.212. The number of aryl methyl sites for hydroxylation is 3. The van der Waals surface area contributed by atoms with E-state index in [2.05, 4.69) is 26.9 Å². The zero-order valence-corrected chi connectivity index (χ0v) is 15.5. The summed E-state index contributed by atoms with van der Waals surface area (Å²) >= 11 is 0. The third-order valence-electron chi connectivity index (χ3n) is 5.34. The van der Waals surface area contributed by atoms with E-state index in [1.807, 2.05) is 31.1 Å². The molecular formula is C18H25N7O. The molecule has 138 valence electrons. The number of hydrogen-bond acceptors (Lipinski definition) is 6. The average Bonchev–Trinajstić information content (AvgIpc) is 3.26. The first kappa shape index (κ1) is 17.0. The maximum Gasteiger partial charge on any atom is 0.163 e. The van der Waals surface area contributed by atoms with Gasteiger partial charge < -0.3 is 14.6 Å². The number of rotatable bonds is 4. The fraction of sp³-hybridized carbons (Fsp3) is 0.556. The first-order valence-corrected chi connectivity index (χ1v) is 9.17. The Kier molecular flexibility index (Phi) is 4.36. The highest BCUT2D eigenvalue weighted by Gasteiger charge is 2.30. The number of anilines is 1. The lowest BCUT2D eigenvalue weighted by Gasteiger charge is -2.35. The van der Waals surface area contributed by atoms with Gasteiger partial charge in [0.15, 0.2) is 5.65 Å². The molecule has 4 rings (SSSR count). The third kappa shape index (κ3) is 2.84. The summed E-state index contributed by atoms with van der Waals surface area (Å²) in [6, 6.07) is 0. The van der Waals surface area contributed by atoms with E-state index in [9.17, 15) is 5.11 Å². The Hall–Kier alpha value is -2.48. The minimum atomic E-state index is -0.521. The van der Waals surface area contributed by atoms with E-state index >= 15 is 0 Å². The molecule has 0 aliphatic carbocycles. The Morgan fingerprint density at radius 2 is 2.00 bits per heavy atom. The highest BCUT2D eigenvalue weighted by Crippen LogP contribution is 2.33. The highest BCUT2D eigenvalue weighted by molar-refractivity contribution is 5.87. The average molecular weight is 355 g/mol. The van der Waals surface area contributed by atoms with Crippen molar-refractivity contribution in [2.75, 3.05) is 18.0 Å². The summed E-state index contributed by atoms with van der Waals surface area (Å²) < 4.78 is 3.70. The lowest BCUT2D eigenvalue weighted by molar-refractivity contribution is 0.0824. The molecule has 1 aliphatic rings. The second-order valence-electron chi connectivity index (χ2n) is 6.99. The van der Waals surface area contributed by atoms with Gasteiger partial charge in [0, 0.05) is 46.0 Å². The Balaban J connectivity index is 1.55. The lowest BCUT2D eigenvalue weighted by Crippen LogP contribution is -2.36. The second-order valence-corrected chi connectivity index (χ2v) is 6.99. The largest absolute Gasteiger partial charge is 0.385 e. The predicted octanol–water partition coefficient (Wildman–Crippen LogP) is 1.61. The SMILES string of the molecule is CCc1nc(N2CCC([C@@H](O)c3nccn3C)CC2)c2cnn(C)c2n1. The van der Waals surface area contributed by atoms with Crippen molar-refractivity contribution < 1.29 is 5.11 Å². The van der Waals surface area contributed by atoms with Crippen molar-refractivity contribution in [3.05, 3.63) is 30.2 Å².